The molecule has 0 bridgehead atoms. The number of benzene rings is 1. The van der Waals surface area contributed by atoms with Crippen LogP contribution in [0.4, 0.5) is 10.5 Å². The third kappa shape index (κ3) is 3.92. The van der Waals surface area contributed by atoms with Crippen LogP contribution in [-0.2, 0) is 16.0 Å². The number of carbonyl (C=O) groups is 3. The van der Waals surface area contributed by atoms with Crippen molar-refractivity contribution in [1.29, 1.82) is 0 Å². The normalized spacial score (nSPS) is 18.8. The number of nitrogens with zero attached hydrogens (tertiary/aromatic N) is 4. The van der Waals surface area contributed by atoms with E-state index in [1.54, 1.807) is 28.8 Å². The maximum atomic E-state index is 13.3. The Morgan fingerprint density at radius 3 is 2.87 bits per heavy atom. The first-order valence-electron chi connectivity index (χ1n) is 10.3. The summed E-state index contributed by atoms with van der Waals surface area (Å²) >= 11 is 0. The van der Waals surface area contributed by atoms with Crippen molar-refractivity contribution < 1.29 is 28.2 Å². The molecule has 0 aliphatic carbocycles. The van der Waals surface area contributed by atoms with E-state index >= 15 is 0 Å². The molecule has 10 heteroatoms. The summed E-state index contributed by atoms with van der Waals surface area (Å²) < 4.78 is 12.0. The lowest BCUT2D eigenvalue weighted by Crippen LogP contribution is -2.56. The Bertz CT molecular complexity index is 1060. The highest BCUT2D eigenvalue weighted by Gasteiger charge is 2.51. The second kappa shape index (κ2) is 8.66. The Morgan fingerprint density at radius 1 is 1.32 bits per heavy atom. The van der Waals surface area contributed by atoms with Crippen molar-refractivity contribution in [2.24, 2.45) is 0 Å². The second-order valence-electron chi connectivity index (χ2n) is 7.39. The number of imide groups is 1. The van der Waals surface area contributed by atoms with Gasteiger partial charge in [-0.2, -0.15) is 14.4 Å². The van der Waals surface area contributed by atoms with E-state index in [0.29, 0.717) is 42.4 Å². The third-order valence-corrected chi connectivity index (χ3v) is 5.45. The molecule has 1 atom stereocenters. The highest BCUT2D eigenvalue weighted by Crippen LogP contribution is 2.28. The van der Waals surface area contributed by atoms with Crippen LogP contribution in [0.25, 0.3) is 0 Å². The fraction of sp³-hybridized carbons (Fsp3) is 0.429. The Kier molecular flexibility index (Phi) is 5.79. The monoisotopic (exact) mass is 426 g/mol. The lowest BCUT2D eigenvalue weighted by molar-refractivity contribution is -0.446. The van der Waals surface area contributed by atoms with Crippen LogP contribution in [0.1, 0.15) is 43.8 Å². The Morgan fingerprint density at radius 2 is 2.13 bits per heavy atom. The fourth-order valence-corrected chi connectivity index (χ4v) is 3.93. The van der Waals surface area contributed by atoms with Crippen LogP contribution in [0, 0.1) is 0 Å². The van der Waals surface area contributed by atoms with Gasteiger partial charge in [0.25, 0.3) is 5.91 Å². The number of carbonyl (C=O) groups excluding carboxylic acids is 3. The molecule has 1 aromatic carbocycles. The molecule has 162 valence electrons. The second-order valence-corrected chi connectivity index (χ2v) is 7.39. The molecule has 10 nitrogen and oxygen atoms in total. The van der Waals surface area contributed by atoms with Gasteiger partial charge in [-0.05, 0) is 25.0 Å². The quantitative estimate of drug-likeness (QED) is 0.702. The lowest BCUT2D eigenvalue weighted by atomic mass is 9.91. The van der Waals surface area contributed by atoms with E-state index in [-0.39, 0.29) is 5.82 Å². The van der Waals surface area contributed by atoms with Crippen molar-refractivity contribution in [2.75, 3.05) is 25.5 Å². The smallest absolute Gasteiger partial charge is 0.495 e. The number of amides is 4. The number of hydrogen-bond acceptors (Lipinski definition) is 7. The molecule has 2 aromatic rings. The molecule has 0 radical (unpaired) electrons. The first-order valence-corrected chi connectivity index (χ1v) is 10.3. The standard InChI is InChI=1S/C21H23N5O5/c1-3-17-23-19(24-31-17)18-14-9-6-7-11-25(14)21(29)26(20(18)28)12-16(27)22-13-8-4-5-10-15(13)30-2/h4-5,8,10,18H,3,6-7,9,11-12H2,1-2H3/p+1. The molecule has 2 aliphatic heterocycles. The molecule has 0 spiro atoms. The summed E-state index contributed by atoms with van der Waals surface area (Å²) in [4.78, 5) is 44.4. The molecule has 0 saturated carbocycles. The molecule has 0 fully saturated rings. The molecule has 3 heterocycles. The summed E-state index contributed by atoms with van der Waals surface area (Å²) in [5, 5.41) is 6.68. The maximum absolute atomic E-state index is 13.3. The Hall–Kier alpha value is -3.56. The molecule has 1 N–H and O–H groups in total. The summed E-state index contributed by atoms with van der Waals surface area (Å²) in [6.45, 7) is 1.94. The zero-order valence-electron chi connectivity index (χ0n) is 17.5. The van der Waals surface area contributed by atoms with E-state index in [2.05, 4.69) is 15.5 Å². The van der Waals surface area contributed by atoms with Gasteiger partial charge in [-0.25, -0.2) is 4.79 Å². The fourth-order valence-electron chi connectivity index (χ4n) is 3.93. The van der Waals surface area contributed by atoms with E-state index in [1.165, 1.54) is 7.11 Å². The number of methoxy groups -OCH3 is 1. The van der Waals surface area contributed by atoms with Gasteiger partial charge >= 0.3 is 11.9 Å². The molecule has 31 heavy (non-hydrogen) atoms. The van der Waals surface area contributed by atoms with E-state index in [4.69, 9.17) is 9.26 Å². The van der Waals surface area contributed by atoms with Gasteiger partial charge in [0.1, 0.15) is 11.5 Å². The largest absolute Gasteiger partial charge is 0.501 e. The van der Waals surface area contributed by atoms with Crippen molar-refractivity contribution in [3.8, 4) is 5.75 Å². The molecule has 1 unspecified atom stereocenters. The molecule has 0 saturated heterocycles. The lowest BCUT2D eigenvalue weighted by Gasteiger charge is -2.28. The summed E-state index contributed by atoms with van der Waals surface area (Å²) in [6, 6.07) is 6.42. The number of nitrogens with one attached hydrogen (secondary N) is 1. The number of ether oxygens (including phenoxy) is 1. The SMILES string of the molecule is CCc1nc(C2C(=O)N(CC(=O)Nc3ccccc3OC)C(=O)[N+]3=C2CCCC3)no1. The van der Waals surface area contributed by atoms with Gasteiger partial charge in [0.15, 0.2) is 18.3 Å². The predicted molar refractivity (Wildman–Crippen MR) is 109 cm³/mol. The minimum absolute atomic E-state index is 0.228. The van der Waals surface area contributed by atoms with Crippen LogP contribution >= 0.6 is 0 Å². The Balaban J connectivity index is 1.62. The van der Waals surface area contributed by atoms with Crippen LogP contribution in [-0.4, -0.2) is 63.4 Å². The Labute approximate surface area is 178 Å². The van der Waals surface area contributed by atoms with Gasteiger partial charge in [0, 0.05) is 12.8 Å². The molecule has 4 rings (SSSR count). The van der Waals surface area contributed by atoms with E-state index in [0.717, 1.165) is 17.7 Å². The van der Waals surface area contributed by atoms with Gasteiger partial charge < -0.3 is 14.6 Å². The number of anilines is 1. The third-order valence-electron chi connectivity index (χ3n) is 5.45. The number of aromatic nitrogens is 2. The topological polar surface area (TPSA) is 118 Å². The number of aryl methyl sites for hydroxylation is 1. The van der Waals surface area contributed by atoms with Gasteiger partial charge in [-0.1, -0.05) is 24.2 Å². The van der Waals surface area contributed by atoms with Crippen LogP contribution < -0.4 is 10.1 Å². The minimum atomic E-state index is -0.832. The summed E-state index contributed by atoms with van der Waals surface area (Å²) in [7, 11) is 1.50. The zero-order chi connectivity index (χ0) is 22.0. The molecular weight excluding hydrogens is 402 g/mol. The van der Waals surface area contributed by atoms with Crippen LogP contribution in [0.2, 0.25) is 0 Å². The van der Waals surface area contributed by atoms with Crippen molar-refractivity contribution in [3.63, 3.8) is 0 Å². The molecule has 1 aromatic heterocycles. The predicted octanol–water partition coefficient (Wildman–Crippen LogP) is 1.96. The number of rotatable bonds is 6. The van der Waals surface area contributed by atoms with Gasteiger partial charge in [0.2, 0.25) is 5.89 Å². The van der Waals surface area contributed by atoms with E-state index in [9.17, 15) is 14.4 Å². The van der Waals surface area contributed by atoms with Crippen molar-refractivity contribution in [2.45, 2.75) is 38.5 Å². The van der Waals surface area contributed by atoms with E-state index in [1.807, 2.05) is 6.92 Å². The van der Waals surface area contributed by atoms with E-state index < -0.39 is 30.3 Å². The summed E-state index contributed by atoms with van der Waals surface area (Å²) in [5.41, 5.74) is 1.13. The highest BCUT2D eigenvalue weighted by atomic mass is 16.5. The average molecular weight is 426 g/mol. The summed E-state index contributed by atoms with van der Waals surface area (Å²) in [6.07, 6.45) is 2.83. The number of hydrogen-bond donors (Lipinski definition) is 1. The van der Waals surface area contributed by atoms with Gasteiger partial charge in [-0.3, -0.25) is 4.79 Å². The first-order chi connectivity index (χ1) is 15.0. The minimum Gasteiger partial charge on any atom is -0.495 e. The van der Waals surface area contributed by atoms with Crippen LogP contribution in [0.5, 0.6) is 5.75 Å². The van der Waals surface area contributed by atoms with Crippen LogP contribution in [0.3, 0.4) is 0 Å². The van der Waals surface area contributed by atoms with Crippen LogP contribution in [0.15, 0.2) is 28.8 Å². The molecule has 2 aliphatic rings. The van der Waals surface area contributed by atoms with Crippen molar-refractivity contribution in [1.82, 2.24) is 15.0 Å². The molecule has 4 amide bonds. The van der Waals surface area contributed by atoms with Gasteiger partial charge in [0.05, 0.1) is 19.3 Å². The maximum Gasteiger partial charge on any atom is 0.501 e. The van der Waals surface area contributed by atoms with Crippen molar-refractivity contribution in [3.05, 3.63) is 36.0 Å². The van der Waals surface area contributed by atoms with Gasteiger partial charge in [-0.15, -0.1) is 4.90 Å². The number of para-hydroxylation sites is 2. The highest BCUT2D eigenvalue weighted by molar-refractivity contribution is 6.15. The zero-order valence-corrected chi connectivity index (χ0v) is 17.5. The average Bonchev–Trinajstić information content (AvgIpc) is 3.26. The summed E-state index contributed by atoms with van der Waals surface area (Å²) in [5.74, 6) is -0.726. The molecular formula is C21H24N5O5+. The van der Waals surface area contributed by atoms with Crippen molar-refractivity contribution >= 4 is 29.2 Å². The first kappa shape index (κ1) is 20.7. The number of urea groups is 1.